The molecule has 2 amide bonds. The third kappa shape index (κ3) is 4.87. The van der Waals surface area contributed by atoms with Crippen molar-refractivity contribution >= 4 is 28.5 Å². The highest BCUT2D eigenvalue weighted by Gasteiger charge is 2.14. The molecule has 2 N–H and O–H groups in total. The molecule has 0 bridgehead atoms. The molecular formula is C24H30N4O2. The maximum Gasteiger partial charge on any atom is 0.255 e. The van der Waals surface area contributed by atoms with Crippen LogP contribution in [0, 0.1) is 12.8 Å². The Bertz CT molecular complexity index is 1050. The van der Waals surface area contributed by atoms with Gasteiger partial charge in [-0.15, -0.1) is 0 Å². The van der Waals surface area contributed by atoms with E-state index >= 15 is 0 Å². The maximum atomic E-state index is 12.5. The zero-order chi connectivity index (χ0) is 21.7. The molecule has 158 valence electrons. The van der Waals surface area contributed by atoms with Crippen molar-refractivity contribution in [1.82, 2.24) is 14.9 Å². The Balaban J connectivity index is 1.68. The van der Waals surface area contributed by atoms with Gasteiger partial charge < -0.3 is 15.2 Å². The summed E-state index contributed by atoms with van der Waals surface area (Å²) in [6.45, 7) is 6.60. The van der Waals surface area contributed by atoms with Crippen LogP contribution in [0.2, 0.25) is 0 Å². The van der Waals surface area contributed by atoms with Gasteiger partial charge in [0.05, 0.1) is 11.0 Å². The monoisotopic (exact) mass is 406 g/mol. The predicted octanol–water partition coefficient (Wildman–Crippen LogP) is 4.23. The van der Waals surface area contributed by atoms with Crippen LogP contribution in [-0.2, 0) is 18.3 Å². The third-order valence-corrected chi connectivity index (χ3v) is 5.52. The molecule has 6 heteroatoms. The van der Waals surface area contributed by atoms with Gasteiger partial charge in [0.15, 0.2) is 0 Å². The molecule has 0 aliphatic carbocycles. The Labute approximate surface area is 177 Å². The fourth-order valence-electron chi connectivity index (χ4n) is 3.64. The molecule has 30 heavy (non-hydrogen) atoms. The van der Waals surface area contributed by atoms with Crippen molar-refractivity contribution < 1.29 is 9.59 Å². The number of nitrogens with one attached hydrogen (secondary N) is 2. The molecule has 2 aromatic carbocycles. The lowest BCUT2D eigenvalue weighted by molar-refractivity contribution is -0.125. The topological polar surface area (TPSA) is 76.0 Å². The molecule has 0 aliphatic heterocycles. The van der Waals surface area contributed by atoms with E-state index in [4.69, 9.17) is 4.98 Å². The number of imidazole rings is 1. The molecule has 1 heterocycles. The summed E-state index contributed by atoms with van der Waals surface area (Å²) in [5.74, 6) is 0.945. The molecule has 0 atom stereocenters. The van der Waals surface area contributed by atoms with E-state index < -0.39 is 0 Å². The van der Waals surface area contributed by atoms with Crippen molar-refractivity contribution in [3.8, 4) is 0 Å². The first-order chi connectivity index (χ1) is 14.4. The van der Waals surface area contributed by atoms with Gasteiger partial charge in [0.25, 0.3) is 5.91 Å². The number of benzene rings is 2. The molecule has 0 fully saturated rings. The fourth-order valence-corrected chi connectivity index (χ4v) is 3.64. The van der Waals surface area contributed by atoms with Crippen molar-refractivity contribution in [3.05, 3.63) is 59.4 Å². The van der Waals surface area contributed by atoms with Gasteiger partial charge in [0.2, 0.25) is 5.91 Å². The molecular weight excluding hydrogens is 376 g/mol. The minimum Gasteiger partial charge on any atom is -0.355 e. The quantitative estimate of drug-likeness (QED) is 0.588. The molecule has 3 rings (SSSR count). The second kappa shape index (κ2) is 9.57. The summed E-state index contributed by atoms with van der Waals surface area (Å²) < 4.78 is 2.03. The highest BCUT2D eigenvalue weighted by molar-refractivity contribution is 6.05. The Morgan fingerprint density at radius 2 is 1.87 bits per heavy atom. The van der Waals surface area contributed by atoms with Gasteiger partial charge in [-0.1, -0.05) is 31.5 Å². The minimum atomic E-state index is -0.140. The van der Waals surface area contributed by atoms with Gasteiger partial charge in [-0.05, 0) is 50.1 Å². The van der Waals surface area contributed by atoms with Crippen LogP contribution in [0.25, 0.3) is 11.0 Å². The highest BCUT2D eigenvalue weighted by atomic mass is 16.2. The lowest BCUT2D eigenvalue weighted by Crippen LogP contribution is -2.32. The molecule has 0 spiro atoms. The molecule has 6 nitrogen and oxygen atoms in total. The first-order valence-electron chi connectivity index (χ1n) is 10.5. The fraction of sp³-hybridized carbons (Fsp3) is 0.375. The summed E-state index contributed by atoms with van der Waals surface area (Å²) in [4.78, 5) is 29.4. The molecule has 0 aliphatic rings. The average molecular weight is 407 g/mol. The van der Waals surface area contributed by atoms with Gasteiger partial charge in [-0.2, -0.15) is 0 Å². The SMILES string of the molecule is CCC(CC)C(=O)NCCc1nc2cc(NC(=O)c3cccc(C)c3)ccc2n1C. The Kier molecular flexibility index (Phi) is 6.87. The summed E-state index contributed by atoms with van der Waals surface area (Å²) in [6.07, 6.45) is 2.36. The summed E-state index contributed by atoms with van der Waals surface area (Å²) >= 11 is 0. The van der Waals surface area contributed by atoms with E-state index in [2.05, 4.69) is 10.6 Å². The molecule has 0 saturated heterocycles. The number of nitrogens with zero attached hydrogens (tertiary/aromatic N) is 2. The highest BCUT2D eigenvalue weighted by Crippen LogP contribution is 2.21. The standard InChI is InChI=1S/C24H30N4O2/c1-5-17(6-2)23(29)25-13-12-22-27-20-15-19(10-11-21(20)28(22)4)26-24(30)18-9-7-8-16(3)14-18/h7-11,14-15,17H,5-6,12-13H2,1-4H3,(H,25,29)(H,26,30). The number of carbonyl (C=O) groups is 2. The second-order valence-electron chi connectivity index (χ2n) is 7.67. The Morgan fingerprint density at radius 1 is 1.10 bits per heavy atom. The van der Waals surface area contributed by atoms with Crippen LogP contribution >= 0.6 is 0 Å². The summed E-state index contributed by atoms with van der Waals surface area (Å²) in [6, 6.07) is 13.2. The van der Waals surface area contributed by atoms with Gasteiger partial charge in [-0.3, -0.25) is 9.59 Å². The van der Waals surface area contributed by atoms with E-state index in [1.165, 1.54) is 0 Å². The van der Waals surface area contributed by atoms with E-state index in [1.54, 1.807) is 6.07 Å². The van der Waals surface area contributed by atoms with Crippen molar-refractivity contribution in [2.45, 2.75) is 40.0 Å². The number of carbonyl (C=O) groups excluding carboxylic acids is 2. The molecule has 1 aromatic heterocycles. The van der Waals surface area contributed by atoms with Crippen molar-refractivity contribution in [2.24, 2.45) is 13.0 Å². The zero-order valence-electron chi connectivity index (χ0n) is 18.2. The Hall–Kier alpha value is -3.15. The normalized spacial score (nSPS) is 11.1. The molecule has 0 radical (unpaired) electrons. The van der Waals surface area contributed by atoms with E-state index in [0.29, 0.717) is 24.2 Å². The van der Waals surface area contributed by atoms with Crippen LogP contribution < -0.4 is 10.6 Å². The summed E-state index contributed by atoms with van der Waals surface area (Å²) in [5.41, 5.74) is 4.19. The van der Waals surface area contributed by atoms with E-state index in [9.17, 15) is 9.59 Å². The van der Waals surface area contributed by atoms with Crippen molar-refractivity contribution in [2.75, 3.05) is 11.9 Å². The molecule has 0 unspecified atom stereocenters. The zero-order valence-corrected chi connectivity index (χ0v) is 18.2. The number of aryl methyl sites for hydroxylation is 2. The first kappa shape index (κ1) is 21.6. The number of hydrogen-bond donors (Lipinski definition) is 2. The van der Waals surface area contributed by atoms with Crippen molar-refractivity contribution in [1.29, 1.82) is 0 Å². The maximum absolute atomic E-state index is 12.5. The van der Waals surface area contributed by atoms with Crippen LogP contribution in [0.1, 0.15) is 48.4 Å². The molecule has 3 aromatic rings. The largest absolute Gasteiger partial charge is 0.355 e. The second-order valence-corrected chi connectivity index (χ2v) is 7.67. The third-order valence-electron chi connectivity index (χ3n) is 5.52. The average Bonchev–Trinajstić information content (AvgIpc) is 3.04. The predicted molar refractivity (Wildman–Crippen MR) is 121 cm³/mol. The van der Waals surface area contributed by atoms with Crippen LogP contribution in [0.15, 0.2) is 42.5 Å². The summed E-state index contributed by atoms with van der Waals surface area (Å²) in [7, 11) is 1.97. The lowest BCUT2D eigenvalue weighted by atomic mass is 10.0. The summed E-state index contributed by atoms with van der Waals surface area (Å²) in [5, 5.41) is 5.96. The van der Waals surface area contributed by atoms with Crippen LogP contribution in [0.3, 0.4) is 0 Å². The van der Waals surface area contributed by atoms with E-state index in [1.807, 2.05) is 68.8 Å². The van der Waals surface area contributed by atoms with Crippen LogP contribution in [-0.4, -0.2) is 27.9 Å². The van der Waals surface area contributed by atoms with Crippen LogP contribution in [0.5, 0.6) is 0 Å². The van der Waals surface area contributed by atoms with Crippen LogP contribution in [0.4, 0.5) is 5.69 Å². The van der Waals surface area contributed by atoms with E-state index in [0.717, 1.165) is 35.3 Å². The van der Waals surface area contributed by atoms with Gasteiger partial charge in [-0.25, -0.2) is 4.98 Å². The number of rotatable bonds is 8. The molecule has 0 saturated carbocycles. The Morgan fingerprint density at radius 3 is 2.57 bits per heavy atom. The smallest absolute Gasteiger partial charge is 0.255 e. The first-order valence-corrected chi connectivity index (χ1v) is 10.5. The number of amides is 2. The number of hydrogen-bond acceptors (Lipinski definition) is 3. The number of anilines is 1. The number of fused-ring (bicyclic) bond motifs is 1. The number of aromatic nitrogens is 2. The van der Waals surface area contributed by atoms with Crippen molar-refractivity contribution in [3.63, 3.8) is 0 Å². The van der Waals surface area contributed by atoms with Gasteiger partial charge >= 0.3 is 0 Å². The van der Waals surface area contributed by atoms with Gasteiger partial charge in [0, 0.05) is 37.2 Å². The van der Waals surface area contributed by atoms with Gasteiger partial charge in [0.1, 0.15) is 5.82 Å². The lowest BCUT2D eigenvalue weighted by Gasteiger charge is -2.12. The minimum absolute atomic E-state index is 0.0741. The van der Waals surface area contributed by atoms with E-state index in [-0.39, 0.29) is 17.7 Å².